The molecule has 2 heterocycles. The van der Waals surface area contributed by atoms with Crippen LogP contribution in [0, 0.1) is 17.8 Å². The third-order valence-corrected chi connectivity index (χ3v) is 6.57. The number of nitrogens with zero attached hydrogens (tertiary/aromatic N) is 1. The molecule has 2 aromatic rings. The molecule has 0 bridgehead atoms. The maximum atomic E-state index is 13.8. The van der Waals surface area contributed by atoms with Crippen LogP contribution in [0.15, 0.2) is 48.5 Å². The maximum absolute atomic E-state index is 13.8. The highest BCUT2D eigenvalue weighted by atomic mass is 16.5. The number of amides is 2. The van der Waals surface area contributed by atoms with Gasteiger partial charge in [-0.3, -0.25) is 19.7 Å². The van der Waals surface area contributed by atoms with Crippen molar-refractivity contribution < 1.29 is 29.0 Å². The molecule has 0 aromatic heterocycles. The predicted molar refractivity (Wildman–Crippen MR) is 121 cm³/mol. The highest BCUT2D eigenvalue weighted by molar-refractivity contribution is 6.24. The Balaban J connectivity index is 1.87. The van der Waals surface area contributed by atoms with Crippen LogP contribution < -0.4 is 19.7 Å². The van der Waals surface area contributed by atoms with Gasteiger partial charge in [-0.1, -0.05) is 38.1 Å². The first-order valence-corrected chi connectivity index (χ1v) is 10.9. The van der Waals surface area contributed by atoms with Gasteiger partial charge in [-0.15, -0.1) is 0 Å². The average Bonchev–Trinajstić information content (AvgIpc) is 3.27. The van der Waals surface area contributed by atoms with Crippen LogP contribution in [0.2, 0.25) is 0 Å². The summed E-state index contributed by atoms with van der Waals surface area (Å²) in [7, 11) is 3.02. The van der Waals surface area contributed by atoms with Gasteiger partial charge in [0, 0.05) is 6.04 Å². The molecule has 174 valence electrons. The minimum Gasteiger partial charge on any atom is -0.497 e. The van der Waals surface area contributed by atoms with E-state index in [9.17, 15) is 19.5 Å². The minimum absolute atomic E-state index is 0.0212. The number of carboxylic acids is 1. The van der Waals surface area contributed by atoms with Gasteiger partial charge in [-0.2, -0.15) is 0 Å². The van der Waals surface area contributed by atoms with Crippen molar-refractivity contribution in [2.75, 3.05) is 19.1 Å². The first-order chi connectivity index (χ1) is 15.7. The number of rotatable bonds is 7. The van der Waals surface area contributed by atoms with Gasteiger partial charge >= 0.3 is 5.97 Å². The van der Waals surface area contributed by atoms with Gasteiger partial charge < -0.3 is 14.6 Å². The fraction of sp³-hybridized carbons (Fsp3) is 0.400. The van der Waals surface area contributed by atoms with Crippen LogP contribution in [0.4, 0.5) is 5.69 Å². The Morgan fingerprint density at radius 3 is 2.30 bits per heavy atom. The Labute approximate surface area is 192 Å². The smallest absolute Gasteiger partial charge is 0.324 e. The molecule has 2 aliphatic heterocycles. The molecular formula is C25H28N2O6. The van der Waals surface area contributed by atoms with E-state index < -0.39 is 41.2 Å². The lowest BCUT2D eigenvalue weighted by atomic mass is 9.75. The highest BCUT2D eigenvalue weighted by Gasteiger charge is 2.68. The largest absolute Gasteiger partial charge is 0.497 e. The van der Waals surface area contributed by atoms with E-state index in [0.29, 0.717) is 17.2 Å². The maximum Gasteiger partial charge on any atom is 0.324 e. The number of para-hydroxylation sites is 2. The lowest BCUT2D eigenvalue weighted by Gasteiger charge is -2.32. The van der Waals surface area contributed by atoms with E-state index in [0.717, 1.165) is 10.5 Å². The summed E-state index contributed by atoms with van der Waals surface area (Å²) in [5.41, 5.74) is -0.533. The van der Waals surface area contributed by atoms with E-state index in [-0.39, 0.29) is 12.3 Å². The number of fused-ring (bicyclic) bond motifs is 1. The van der Waals surface area contributed by atoms with Crippen molar-refractivity contribution in [3.8, 4) is 11.5 Å². The molecule has 33 heavy (non-hydrogen) atoms. The third kappa shape index (κ3) is 3.54. The van der Waals surface area contributed by atoms with Crippen LogP contribution in [0.1, 0.15) is 31.9 Å². The van der Waals surface area contributed by atoms with Gasteiger partial charge in [0.1, 0.15) is 17.0 Å². The molecule has 2 aromatic carbocycles. The molecule has 2 aliphatic rings. The fourth-order valence-electron chi connectivity index (χ4n) is 5.27. The standard InChI is InChI=1S/C25H28N2O6/c1-14(2)13-25(24(30)31)20-19(21(26-25)15-9-11-16(32-3)12-10-15)22(28)27(23(20)29)17-7-5-6-8-18(17)33-4/h5-12,14,19-21,26H,13H2,1-4H3,(H,30,31)/t19-,20+,21-,25-/m0/s1. The van der Waals surface area contributed by atoms with Crippen molar-refractivity contribution in [1.82, 2.24) is 5.32 Å². The Bertz CT molecular complexity index is 1080. The molecule has 2 saturated heterocycles. The highest BCUT2D eigenvalue weighted by Crippen LogP contribution is 2.52. The monoisotopic (exact) mass is 452 g/mol. The molecule has 2 fully saturated rings. The number of benzene rings is 2. The number of carbonyl (C=O) groups excluding carboxylic acids is 2. The second kappa shape index (κ2) is 8.51. The zero-order valence-electron chi connectivity index (χ0n) is 19.1. The number of aliphatic carboxylic acids is 1. The number of anilines is 1. The molecular weight excluding hydrogens is 424 g/mol. The topological polar surface area (TPSA) is 105 Å². The van der Waals surface area contributed by atoms with Crippen molar-refractivity contribution in [3.63, 3.8) is 0 Å². The van der Waals surface area contributed by atoms with E-state index in [1.54, 1.807) is 55.6 Å². The van der Waals surface area contributed by atoms with Crippen molar-refractivity contribution in [3.05, 3.63) is 54.1 Å². The lowest BCUT2D eigenvalue weighted by Crippen LogP contribution is -2.56. The first kappa shape index (κ1) is 22.8. The molecule has 4 rings (SSSR count). The molecule has 0 aliphatic carbocycles. The van der Waals surface area contributed by atoms with E-state index >= 15 is 0 Å². The summed E-state index contributed by atoms with van der Waals surface area (Å²) in [5.74, 6) is -3.02. The SMILES string of the molecule is COc1ccc([C@@H]2N[C@](CC(C)C)(C(=O)O)[C@H]3C(=O)N(c4ccccc4OC)C(=O)[C@H]23)cc1. The molecule has 4 atom stereocenters. The minimum atomic E-state index is -1.58. The summed E-state index contributed by atoms with van der Waals surface area (Å²) in [5, 5.41) is 13.6. The molecule has 8 nitrogen and oxygen atoms in total. The quantitative estimate of drug-likeness (QED) is 0.622. The molecule has 0 spiro atoms. The lowest BCUT2D eigenvalue weighted by molar-refractivity contribution is -0.149. The normalized spacial score (nSPS) is 26.6. The number of methoxy groups -OCH3 is 2. The van der Waals surface area contributed by atoms with Gasteiger partial charge in [0.25, 0.3) is 0 Å². The van der Waals surface area contributed by atoms with Gasteiger partial charge in [-0.05, 0) is 42.2 Å². The second-order valence-corrected chi connectivity index (χ2v) is 8.96. The van der Waals surface area contributed by atoms with Crippen LogP contribution >= 0.6 is 0 Å². The van der Waals surface area contributed by atoms with E-state index in [1.165, 1.54) is 7.11 Å². The zero-order valence-corrected chi connectivity index (χ0v) is 19.1. The predicted octanol–water partition coefficient (Wildman–Crippen LogP) is 3.02. The van der Waals surface area contributed by atoms with E-state index in [4.69, 9.17) is 9.47 Å². The second-order valence-electron chi connectivity index (χ2n) is 8.96. The number of ether oxygens (including phenoxy) is 2. The van der Waals surface area contributed by atoms with Crippen molar-refractivity contribution in [2.24, 2.45) is 17.8 Å². The summed E-state index contributed by atoms with van der Waals surface area (Å²) < 4.78 is 10.6. The number of hydrogen-bond donors (Lipinski definition) is 2. The zero-order chi connectivity index (χ0) is 23.9. The summed E-state index contributed by atoms with van der Waals surface area (Å²) in [4.78, 5) is 41.3. The number of imide groups is 1. The van der Waals surface area contributed by atoms with Crippen LogP contribution in [-0.4, -0.2) is 42.6 Å². The van der Waals surface area contributed by atoms with Crippen LogP contribution in [-0.2, 0) is 14.4 Å². The van der Waals surface area contributed by atoms with Crippen LogP contribution in [0.3, 0.4) is 0 Å². The Morgan fingerprint density at radius 2 is 1.73 bits per heavy atom. The fourth-order valence-corrected chi connectivity index (χ4v) is 5.27. The molecule has 0 saturated carbocycles. The van der Waals surface area contributed by atoms with Crippen LogP contribution in [0.25, 0.3) is 0 Å². The van der Waals surface area contributed by atoms with Crippen molar-refractivity contribution >= 4 is 23.5 Å². The summed E-state index contributed by atoms with van der Waals surface area (Å²) in [6, 6.07) is 13.2. The van der Waals surface area contributed by atoms with Gasteiger partial charge in [0.05, 0.1) is 31.7 Å². The van der Waals surface area contributed by atoms with E-state index in [2.05, 4.69) is 5.32 Å². The van der Waals surface area contributed by atoms with E-state index in [1.807, 2.05) is 13.8 Å². The van der Waals surface area contributed by atoms with Gasteiger partial charge in [-0.25, -0.2) is 4.90 Å². The summed E-state index contributed by atoms with van der Waals surface area (Å²) >= 11 is 0. The molecule has 2 amide bonds. The molecule has 2 N–H and O–H groups in total. The number of hydrogen-bond acceptors (Lipinski definition) is 6. The Kier molecular flexibility index (Phi) is 5.88. The summed E-state index contributed by atoms with van der Waals surface area (Å²) in [6.07, 6.45) is 0.203. The summed E-state index contributed by atoms with van der Waals surface area (Å²) in [6.45, 7) is 3.81. The number of nitrogens with one attached hydrogen (secondary N) is 1. The molecule has 8 heteroatoms. The number of carboxylic acid groups (broad SMARTS) is 1. The van der Waals surface area contributed by atoms with Crippen LogP contribution in [0.5, 0.6) is 11.5 Å². The molecule has 0 unspecified atom stereocenters. The Morgan fingerprint density at radius 1 is 1.06 bits per heavy atom. The van der Waals surface area contributed by atoms with Crippen molar-refractivity contribution in [1.29, 1.82) is 0 Å². The third-order valence-electron chi connectivity index (χ3n) is 6.57. The average molecular weight is 453 g/mol. The number of carbonyl (C=O) groups is 3. The Hall–Kier alpha value is -3.39. The first-order valence-electron chi connectivity index (χ1n) is 10.9. The van der Waals surface area contributed by atoms with Gasteiger partial charge in [0.2, 0.25) is 11.8 Å². The van der Waals surface area contributed by atoms with Gasteiger partial charge in [0.15, 0.2) is 0 Å². The van der Waals surface area contributed by atoms with Crippen molar-refractivity contribution in [2.45, 2.75) is 31.8 Å². The molecule has 0 radical (unpaired) electrons.